The molecule has 2 heterocycles. The van der Waals surface area contributed by atoms with Crippen LogP contribution in [0.1, 0.15) is 25.3 Å². The molecule has 0 radical (unpaired) electrons. The van der Waals surface area contributed by atoms with Gasteiger partial charge < -0.3 is 10.6 Å². The predicted octanol–water partition coefficient (Wildman–Crippen LogP) is 0.231. The first-order chi connectivity index (χ1) is 11.4. The number of nitrogens with one attached hydrogen (secondary N) is 3. The van der Waals surface area contributed by atoms with Gasteiger partial charge in [0.25, 0.3) is 10.0 Å². The summed E-state index contributed by atoms with van der Waals surface area (Å²) in [6.45, 7) is 4.61. The van der Waals surface area contributed by atoms with Crippen LogP contribution in [0.4, 0.5) is 0 Å². The van der Waals surface area contributed by atoms with E-state index in [1.54, 1.807) is 18.2 Å². The van der Waals surface area contributed by atoms with Crippen LogP contribution in [-0.2, 0) is 14.8 Å². The van der Waals surface area contributed by atoms with Crippen molar-refractivity contribution in [2.24, 2.45) is 10.4 Å². The van der Waals surface area contributed by atoms with Crippen LogP contribution in [0.15, 0.2) is 34.2 Å². The van der Waals surface area contributed by atoms with Crippen LogP contribution in [-0.4, -0.2) is 46.3 Å². The summed E-state index contributed by atoms with van der Waals surface area (Å²) in [6, 6.07) is 6.61. The van der Waals surface area contributed by atoms with Crippen LogP contribution in [0.2, 0.25) is 0 Å². The number of amidine groups is 1. The molecule has 3 N–H and O–H groups in total. The molecule has 1 aromatic carbocycles. The number of aliphatic imine (C=N–C) groups is 1. The van der Waals surface area contributed by atoms with E-state index in [9.17, 15) is 13.2 Å². The molecule has 0 unspecified atom stereocenters. The van der Waals surface area contributed by atoms with Crippen molar-refractivity contribution in [1.82, 2.24) is 15.4 Å². The number of piperidine rings is 1. The lowest BCUT2D eigenvalue weighted by atomic mass is 9.81. The van der Waals surface area contributed by atoms with Gasteiger partial charge in [0.2, 0.25) is 5.91 Å². The van der Waals surface area contributed by atoms with Gasteiger partial charge in [0.1, 0.15) is 12.4 Å². The molecule has 0 aliphatic carbocycles. The minimum atomic E-state index is -3.56. The van der Waals surface area contributed by atoms with E-state index in [4.69, 9.17) is 0 Å². The van der Waals surface area contributed by atoms with Crippen LogP contribution in [0.3, 0.4) is 0 Å². The summed E-state index contributed by atoms with van der Waals surface area (Å²) in [5, 5.41) is 6.22. The average molecular weight is 350 g/mol. The SMILES string of the molecule is CC1(CNC(=O)CN=C2NS(=O)(=O)c3ccccc32)CCNCC1. The first kappa shape index (κ1) is 16.9. The minimum absolute atomic E-state index is 0.0967. The molecule has 0 spiro atoms. The van der Waals surface area contributed by atoms with Crippen molar-refractivity contribution in [3.63, 3.8) is 0 Å². The Hall–Kier alpha value is -1.93. The molecule has 1 amide bonds. The largest absolute Gasteiger partial charge is 0.354 e. The van der Waals surface area contributed by atoms with Gasteiger partial charge in [-0.25, -0.2) is 8.42 Å². The number of nitrogens with zero attached hydrogens (tertiary/aromatic N) is 1. The van der Waals surface area contributed by atoms with E-state index in [0.29, 0.717) is 12.1 Å². The number of carbonyl (C=O) groups is 1. The van der Waals surface area contributed by atoms with Crippen molar-refractivity contribution in [2.45, 2.75) is 24.7 Å². The lowest BCUT2D eigenvalue weighted by Gasteiger charge is -2.34. The van der Waals surface area contributed by atoms with E-state index in [1.165, 1.54) is 6.07 Å². The fourth-order valence-electron chi connectivity index (χ4n) is 2.98. The number of rotatable bonds is 4. The van der Waals surface area contributed by atoms with E-state index in [-0.39, 0.29) is 28.6 Å². The van der Waals surface area contributed by atoms with Gasteiger partial charge in [-0.15, -0.1) is 0 Å². The fourth-order valence-corrected chi connectivity index (χ4v) is 4.23. The standard InChI is InChI=1S/C16H22N4O3S/c1-16(6-8-17-9-7-16)11-19-14(21)10-18-15-12-4-2-3-5-13(12)24(22,23)20-15/h2-5,17H,6-11H2,1H3,(H,18,20)(H,19,21). The summed E-state index contributed by atoms with van der Waals surface area (Å²) in [5.74, 6) is 0.0275. The summed E-state index contributed by atoms with van der Waals surface area (Å²) < 4.78 is 26.4. The zero-order valence-corrected chi connectivity index (χ0v) is 14.4. The average Bonchev–Trinajstić information content (AvgIpc) is 2.83. The zero-order valence-electron chi connectivity index (χ0n) is 13.6. The van der Waals surface area contributed by atoms with E-state index < -0.39 is 10.0 Å². The van der Waals surface area contributed by atoms with Gasteiger partial charge in [-0.1, -0.05) is 19.1 Å². The quantitative estimate of drug-likeness (QED) is 0.724. The molecule has 0 atom stereocenters. The van der Waals surface area contributed by atoms with Crippen molar-refractivity contribution in [3.8, 4) is 0 Å². The van der Waals surface area contributed by atoms with Gasteiger partial charge in [-0.05, 0) is 43.5 Å². The molecule has 3 rings (SSSR count). The summed E-state index contributed by atoms with van der Waals surface area (Å²) in [6.07, 6.45) is 2.05. The molecule has 130 valence electrons. The maximum absolute atomic E-state index is 12.0. The highest BCUT2D eigenvalue weighted by Crippen LogP contribution is 2.26. The maximum atomic E-state index is 12.0. The predicted molar refractivity (Wildman–Crippen MR) is 91.4 cm³/mol. The molecular weight excluding hydrogens is 328 g/mol. The summed E-state index contributed by atoms with van der Waals surface area (Å²) in [4.78, 5) is 16.4. The second-order valence-corrected chi connectivity index (χ2v) is 8.25. The third-order valence-electron chi connectivity index (χ3n) is 4.57. The Bertz CT molecular complexity index is 767. The third kappa shape index (κ3) is 3.59. The van der Waals surface area contributed by atoms with Crippen LogP contribution in [0, 0.1) is 5.41 Å². The van der Waals surface area contributed by atoms with Gasteiger partial charge in [-0.2, -0.15) is 0 Å². The number of sulfonamides is 1. The Balaban J connectivity index is 1.61. The first-order valence-electron chi connectivity index (χ1n) is 8.04. The molecule has 7 nitrogen and oxygen atoms in total. The molecule has 0 saturated carbocycles. The van der Waals surface area contributed by atoms with Crippen LogP contribution in [0.25, 0.3) is 0 Å². The van der Waals surface area contributed by atoms with E-state index >= 15 is 0 Å². The molecule has 2 aliphatic heterocycles. The highest BCUT2D eigenvalue weighted by molar-refractivity contribution is 7.90. The third-order valence-corrected chi connectivity index (χ3v) is 5.96. The molecule has 8 heteroatoms. The molecular formula is C16H22N4O3S. The van der Waals surface area contributed by atoms with Gasteiger partial charge in [0.15, 0.2) is 0 Å². The lowest BCUT2D eigenvalue weighted by molar-refractivity contribution is -0.120. The molecule has 2 aliphatic rings. The second kappa shape index (κ2) is 6.52. The lowest BCUT2D eigenvalue weighted by Crippen LogP contribution is -2.43. The number of hydrogen-bond donors (Lipinski definition) is 3. The van der Waals surface area contributed by atoms with Crippen molar-refractivity contribution >= 4 is 21.8 Å². The van der Waals surface area contributed by atoms with Gasteiger partial charge in [0, 0.05) is 12.1 Å². The number of hydrogen-bond acceptors (Lipinski definition) is 5. The molecule has 1 fully saturated rings. The molecule has 0 bridgehead atoms. The van der Waals surface area contributed by atoms with Gasteiger partial charge >= 0.3 is 0 Å². The Morgan fingerprint density at radius 1 is 1.29 bits per heavy atom. The van der Waals surface area contributed by atoms with Crippen LogP contribution >= 0.6 is 0 Å². The van der Waals surface area contributed by atoms with Crippen molar-refractivity contribution in [1.29, 1.82) is 0 Å². The second-order valence-electron chi connectivity index (χ2n) is 6.60. The maximum Gasteiger partial charge on any atom is 0.263 e. The summed E-state index contributed by atoms with van der Waals surface area (Å²) in [7, 11) is -3.56. The highest BCUT2D eigenvalue weighted by Gasteiger charge is 2.30. The Morgan fingerprint density at radius 2 is 2.00 bits per heavy atom. The monoisotopic (exact) mass is 350 g/mol. The smallest absolute Gasteiger partial charge is 0.263 e. The molecule has 24 heavy (non-hydrogen) atoms. The number of amides is 1. The summed E-state index contributed by atoms with van der Waals surface area (Å²) in [5.41, 5.74) is 0.617. The van der Waals surface area contributed by atoms with Crippen molar-refractivity contribution < 1.29 is 13.2 Å². The van der Waals surface area contributed by atoms with E-state index in [2.05, 4.69) is 27.3 Å². The first-order valence-corrected chi connectivity index (χ1v) is 9.52. The number of fused-ring (bicyclic) bond motifs is 1. The molecule has 0 aromatic heterocycles. The van der Waals surface area contributed by atoms with E-state index in [1.807, 2.05) is 0 Å². The fraction of sp³-hybridized carbons (Fsp3) is 0.500. The number of benzene rings is 1. The number of carbonyl (C=O) groups excluding carboxylic acids is 1. The molecule has 1 aromatic rings. The van der Waals surface area contributed by atoms with E-state index in [0.717, 1.165) is 25.9 Å². The minimum Gasteiger partial charge on any atom is -0.354 e. The normalized spacial score (nSPS) is 22.6. The van der Waals surface area contributed by atoms with Crippen molar-refractivity contribution in [2.75, 3.05) is 26.2 Å². The van der Waals surface area contributed by atoms with Crippen LogP contribution < -0.4 is 15.4 Å². The summed E-state index contributed by atoms with van der Waals surface area (Å²) >= 11 is 0. The zero-order chi connectivity index (χ0) is 17.2. The Labute approximate surface area is 142 Å². The molecule has 1 saturated heterocycles. The van der Waals surface area contributed by atoms with Gasteiger partial charge in [-0.3, -0.25) is 14.5 Å². The van der Waals surface area contributed by atoms with Gasteiger partial charge in [0.05, 0.1) is 4.90 Å². The highest BCUT2D eigenvalue weighted by atomic mass is 32.2. The Morgan fingerprint density at radius 3 is 2.75 bits per heavy atom. The van der Waals surface area contributed by atoms with Crippen molar-refractivity contribution in [3.05, 3.63) is 29.8 Å². The topological polar surface area (TPSA) is 99.7 Å². The van der Waals surface area contributed by atoms with Crippen LogP contribution in [0.5, 0.6) is 0 Å². The Kier molecular flexibility index (Phi) is 4.60.